The number of aromatic nitrogens is 2. The van der Waals surface area contributed by atoms with Crippen LogP contribution in [-0.2, 0) is 18.2 Å². The minimum absolute atomic E-state index is 0.0881. The number of nitrogens with zero attached hydrogens (tertiary/aromatic N) is 2. The van der Waals surface area contributed by atoms with Crippen LogP contribution in [0.1, 0.15) is 39.0 Å². The molecule has 3 heteroatoms. The van der Waals surface area contributed by atoms with Crippen molar-refractivity contribution in [3.8, 4) is 0 Å². The molecule has 3 nitrogen and oxygen atoms in total. The van der Waals surface area contributed by atoms with E-state index in [1.54, 1.807) is 7.11 Å². The number of methoxy groups -OCH3 is 1. The maximum absolute atomic E-state index is 5.38. The van der Waals surface area contributed by atoms with Gasteiger partial charge in [-0.2, -0.15) is 5.10 Å². The van der Waals surface area contributed by atoms with E-state index in [2.05, 4.69) is 25.1 Å². The Balaban J connectivity index is 0.000000606. The predicted octanol–water partition coefficient (Wildman–Crippen LogP) is 3.02. The first-order valence-corrected chi connectivity index (χ1v) is 5.81. The highest BCUT2D eigenvalue weighted by molar-refractivity contribution is 5.55. The zero-order chi connectivity index (χ0) is 12.3. The molecule has 0 bridgehead atoms. The lowest BCUT2D eigenvalue weighted by atomic mass is 9.80. The van der Waals surface area contributed by atoms with Crippen molar-refractivity contribution in [2.45, 2.75) is 34.1 Å². The topological polar surface area (TPSA) is 27.1 Å². The summed E-state index contributed by atoms with van der Waals surface area (Å²) in [7, 11) is 3.67. The van der Waals surface area contributed by atoms with Crippen molar-refractivity contribution in [1.29, 1.82) is 0 Å². The third-order valence-electron chi connectivity index (χ3n) is 2.72. The van der Waals surface area contributed by atoms with Crippen LogP contribution >= 0.6 is 0 Å². The van der Waals surface area contributed by atoms with Crippen LogP contribution < -0.4 is 0 Å². The lowest BCUT2D eigenvalue weighted by Crippen LogP contribution is -2.22. The molecule has 1 aliphatic carbocycles. The summed E-state index contributed by atoms with van der Waals surface area (Å²) in [4.78, 5) is 0. The van der Waals surface area contributed by atoms with Crippen molar-refractivity contribution < 1.29 is 4.74 Å². The third-order valence-corrected chi connectivity index (χ3v) is 2.72. The third kappa shape index (κ3) is 2.29. The molecule has 0 atom stereocenters. The summed E-state index contributed by atoms with van der Waals surface area (Å²) in [5.41, 5.74) is 2.44. The van der Waals surface area contributed by atoms with Gasteiger partial charge in [0.05, 0.1) is 12.8 Å². The molecule has 0 aliphatic heterocycles. The first kappa shape index (κ1) is 12.8. The molecule has 0 saturated carbocycles. The second kappa shape index (κ2) is 4.73. The molecule has 0 unspecified atom stereocenters. The predicted molar refractivity (Wildman–Crippen MR) is 67.0 cm³/mol. The van der Waals surface area contributed by atoms with Gasteiger partial charge in [0.25, 0.3) is 0 Å². The van der Waals surface area contributed by atoms with Gasteiger partial charge in [0, 0.05) is 24.7 Å². The van der Waals surface area contributed by atoms with E-state index in [9.17, 15) is 0 Å². The fraction of sp³-hybridized carbons (Fsp3) is 0.615. The lowest BCUT2D eigenvalue weighted by Gasteiger charge is -2.29. The number of allylic oxidation sites excluding steroid dienone is 1. The second-order valence-electron chi connectivity index (χ2n) is 4.49. The molecule has 0 aromatic carbocycles. The van der Waals surface area contributed by atoms with Crippen molar-refractivity contribution in [1.82, 2.24) is 9.78 Å². The quantitative estimate of drug-likeness (QED) is 0.730. The Kier molecular flexibility index (Phi) is 3.79. The summed E-state index contributed by atoms with van der Waals surface area (Å²) < 4.78 is 7.24. The summed E-state index contributed by atoms with van der Waals surface area (Å²) >= 11 is 0. The van der Waals surface area contributed by atoms with E-state index < -0.39 is 0 Å². The monoisotopic (exact) mass is 222 g/mol. The van der Waals surface area contributed by atoms with Crippen LogP contribution in [0.5, 0.6) is 0 Å². The van der Waals surface area contributed by atoms with Crippen molar-refractivity contribution >= 4 is 6.08 Å². The van der Waals surface area contributed by atoms with Gasteiger partial charge >= 0.3 is 0 Å². The molecule has 0 fully saturated rings. The van der Waals surface area contributed by atoms with Gasteiger partial charge in [-0.05, 0) is 12.0 Å². The molecule has 0 N–H and O–H groups in total. The van der Waals surface area contributed by atoms with Crippen LogP contribution in [0.3, 0.4) is 0 Å². The van der Waals surface area contributed by atoms with Gasteiger partial charge in [-0.25, -0.2) is 0 Å². The molecule has 90 valence electrons. The van der Waals surface area contributed by atoms with E-state index in [1.165, 1.54) is 5.56 Å². The lowest BCUT2D eigenvalue weighted by molar-refractivity contribution is 0.195. The van der Waals surface area contributed by atoms with E-state index in [0.29, 0.717) is 0 Å². The van der Waals surface area contributed by atoms with Gasteiger partial charge in [-0.1, -0.05) is 27.7 Å². The highest BCUT2D eigenvalue weighted by Gasteiger charge is 2.31. The molecule has 0 saturated heterocycles. The van der Waals surface area contributed by atoms with Crippen LogP contribution in [0.2, 0.25) is 0 Å². The highest BCUT2D eigenvalue weighted by atomic mass is 16.5. The van der Waals surface area contributed by atoms with Crippen molar-refractivity contribution in [3.05, 3.63) is 23.2 Å². The molecule has 1 aromatic heterocycles. The van der Waals surface area contributed by atoms with Crippen LogP contribution in [0, 0.1) is 5.41 Å². The van der Waals surface area contributed by atoms with Crippen LogP contribution in [0.25, 0.3) is 6.08 Å². The number of fused-ring (bicyclic) bond motifs is 1. The van der Waals surface area contributed by atoms with E-state index in [-0.39, 0.29) is 5.41 Å². The zero-order valence-corrected chi connectivity index (χ0v) is 11.2. The Morgan fingerprint density at radius 3 is 2.56 bits per heavy atom. The van der Waals surface area contributed by atoms with E-state index in [1.807, 2.05) is 31.7 Å². The summed E-state index contributed by atoms with van der Waals surface area (Å²) in [6.45, 7) is 8.39. The number of aryl methyl sites for hydroxylation is 1. The Morgan fingerprint density at radius 2 is 2.00 bits per heavy atom. The van der Waals surface area contributed by atoms with Gasteiger partial charge in [-0.3, -0.25) is 4.68 Å². The average molecular weight is 222 g/mol. The molecule has 2 rings (SSSR count). The maximum atomic E-state index is 5.38. The van der Waals surface area contributed by atoms with Gasteiger partial charge in [0.2, 0.25) is 0 Å². The molecular formula is C13H22N2O. The van der Waals surface area contributed by atoms with E-state index >= 15 is 0 Å². The maximum Gasteiger partial charge on any atom is 0.104 e. The molecule has 1 aliphatic rings. The van der Waals surface area contributed by atoms with Crippen molar-refractivity contribution in [3.63, 3.8) is 0 Å². The summed E-state index contributed by atoms with van der Waals surface area (Å²) in [5.74, 6) is 1.02. The zero-order valence-electron chi connectivity index (χ0n) is 11.2. The molecule has 1 aromatic rings. The Hall–Kier alpha value is -1.25. The average Bonchev–Trinajstić information content (AvgIpc) is 2.57. The van der Waals surface area contributed by atoms with Crippen molar-refractivity contribution in [2.75, 3.05) is 7.11 Å². The summed E-state index contributed by atoms with van der Waals surface area (Å²) in [6.07, 6.45) is 5.12. The Bertz CT molecular complexity index is 389. The molecule has 16 heavy (non-hydrogen) atoms. The van der Waals surface area contributed by atoms with Crippen LogP contribution in [-0.4, -0.2) is 16.9 Å². The van der Waals surface area contributed by atoms with Crippen molar-refractivity contribution in [2.24, 2.45) is 12.5 Å². The largest absolute Gasteiger partial charge is 0.500 e. The van der Waals surface area contributed by atoms with Crippen LogP contribution in [0.4, 0.5) is 0 Å². The minimum Gasteiger partial charge on any atom is -0.500 e. The number of hydrogen-bond acceptors (Lipinski definition) is 2. The molecule has 0 radical (unpaired) electrons. The highest BCUT2D eigenvalue weighted by Crippen LogP contribution is 2.37. The number of rotatable bonds is 1. The number of hydrogen-bond donors (Lipinski definition) is 0. The fourth-order valence-electron chi connectivity index (χ4n) is 2.03. The number of ether oxygens (including phenoxy) is 1. The second-order valence-corrected chi connectivity index (χ2v) is 4.49. The standard InChI is InChI=1S/C11H16N2O.C2H6/c1-11(2)6-8-7-13(3)12-9(8)5-10(11)14-4;1-2/h5,7H,6H2,1-4H3;1-2H3. The SMILES string of the molecule is CC.COC1=Cc2nn(C)cc2CC1(C)C. The fourth-order valence-corrected chi connectivity index (χ4v) is 2.03. The summed E-state index contributed by atoms with van der Waals surface area (Å²) in [6, 6.07) is 0. The normalized spacial score (nSPS) is 16.8. The molecule has 0 amide bonds. The van der Waals surface area contributed by atoms with Gasteiger partial charge in [-0.15, -0.1) is 0 Å². The molecular weight excluding hydrogens is 200 g/mol. The Labute approximate surface area is 98.1 Å². The first-order chi connectivity index (χ1) is 7.53. The molecule has 1 heterocycles. The van der Waals surface area contributed by atoms with Gasteiger partial charge in [0.1, 0.15) is 5.76 Å². The summed E-state index contributed by atoms with van der Waals surface area (Å²) in [5, 5.41) is 4.38. The van der Waals surface area contributed by atoms with Gasteiger partial charge in [0.15, 0.2) is 0 Å². The van der Waals surface area contributed by atoms with Crippen LogP contribution in [0.15, 0.2) is 12.0 Å². The smallest absolute Gasteiger partial charge is 0.104 e. The molecule has 0 spiro atoms. The van der Waals surface area contributed by atoms with E-state index in [4.69, 9.17) is 4.74 Å². The Morgan fingerprint density at radius 1 is 1.38 bits per heavy atom. The first-order valence-electron chi connectivity index (χ1n) is 5.81. The van der Waals surface area contributed by atoms with E-state index in [0.717, 1.165) is 17.9 Å². The minimum atomic E-state index is 0.0881. The van der Waals surface area contributed by atoms with Gasteiger partial charge < -0.3 is 4.74 Å².